The maximum absolute atomic E-state index is 6.15. The van der Waals surface area contributed by atoms with E-state index in [1.807, 2.05) is 36.3 Å². The van der Waals surface area contributed by atoms with Crippen LogP contribution >= 0.6 is 0 Å². The van der Waals surface area contributed by atoms with Gasteiger partial charge in [-0.1, -0.05) is 0 Å². The summed E-state index contributed by atoms with van der Waals surface area (Å²) < 4.78 is 8.03. The summed E-state index contributed by atoms with van der Waals surface area (Å²) in [7, 11) is 1.97. The van der Waals surface area contributed by atoms with E-state index in [0.29, 0.717) is 6.04 Å². The van der Waals surface area contributed by atoms with Crippen LogP contribution in [-0.4, -0.2) is 33.0 Å². The monoisotopic (exact) mass is 326 g/mol. The van der Waals surface area contributed by atoms with Crippen LogP contribution in [0.2, 0.25) is 0 Å². The van der Waals surface area contributed by atoms with Crippen LogP contribution in [0, 0.1) is 0 Å². The van der Waals surface area contributed by atoms with E-state index >= 15 is 0 Å². The Kier molecular flexibility index (Phi) is 4.27. The average molecular weight is 326 g/mol. The Morgan fingerprint density at radius 3 is 2.67 bits per heavy atom. The second-order valence-corrected chi connectivity index (χ2v) is 7.21. The zero-order chi connectivity index (χ0) is 16.4. The minimum absolute atomic E-state index is 0.180. The van der Waals surface area contributed by atoms with Gasteiger partial charge in [-0.25, -0.2) is 0 Å². The molecule has 2 aliphatic rings. The van der Waals surface area contributed by atoms with E-state index < -0.39 is 0 Å². The molecule has 1 aliphatic heterocycles. The maximum atomic E-state index is 6.15. The van der Waals surface area contributed by atoms with E-state index in [2.05, 4.69) is 21.6 Å². The first-order valence-corrected chi connectivity index (χ1v) is 9.09. The Labute approximate surface area is 143 Å². The Balaban J connectivity index is 1.45. The van der Waals surface area contributed by atoms with Crippen molar-refractivity contribution < 1.29 is 4.74 Å². The van der Waals surface area contributed by atoms with E-state index in [-0.39, 0.29) is 5.60 Å². The van der Waals surface area contributed by atoms with E-state index in [9.17, 15) is 0 Å². The summed E-state index contributed by atoms with van der Waals surface area (Å²) in [4.78, 5) is 4.10. The third-order valence-electron chi connectivity index (χ3n) is 5.47. The topological polar surface area (TPSA) is 52.0 Å². The molecule has 2 aromatic heterocycles. The molecular weight excluding hydrogens is 300 g/mol. The average Bonchev–Trinajstić information content (AvgIpc) is 2.99. The first-order chi connectivity index (χ1) is 11.7. The highest BCUT2D eigenvalue weighted by Crippen LogP contribution is 2.39. The fourth-order valence-electron chi connectivity index (χ4n) is 4.13. The Hall–Kier alpha value is -1.88. The molecule has 0 amide bonds. The van der Waals surface area contributed by atoms with Crippen LogP contribution in [0.5, 0.6) is 0 Å². The van der Waals surface area contributed by atoms with Crippen LogP contribution in [0.15, 0.2) is 30.7 Å². The third kappa shape index (κ3) is 3.18. The molecule has 0 aromatic carbocycles. The van der Waals surface area contributed by atoms with Gasteiger partial charge in [-0.15, -0.1) is 0 Å². The molecule has 0 radical (unpaired) electrons. The number of hydrogen-bond donors (Lipinski definition) is 1. The number of rotatable bonds is 3. The summed E-state index contributed by atoms with van der Waals surface area (Å²) in [6, 6.07) is 4.53. The normalized spacial score (nSPS) is 27.3. The number of pyridine rings is 1. The second kappa shape index (κ2) is 6.55. The fraction of sp³-hybridized carbons (Fsp3) is 0.579. The Morgan fingerprint density at radius 1 is 1.17 bits per heavy atom. The molecule has 1 saturated carbocycles. The molecule has 0 unspecified atom stereocenters. The van der Waals surface area contributed by atoms with Gasteiger partial charge >= 0.3 is 0 Å². The zero-order valence-electron chi connectivity index (χ0n) is 14.4. The number of ether oxygens (including phenoxy) is 1. The lowest BCUT2D eigenvalue weighted by Gasteiger charge is -2.43. The summed E-state index contributed by atoms with van der Waals surface area (Å²) in [6.45, 7) is 0.951. The highest BCUT2D eigenvalue weighted by molar-refractivity contribution is 5.73. The number of nitrogens with zero attached hydrogens (tertiary/aromatic N) is 3. The standard InChI is InChI=1S/C19H26N4O/c1-23-14-17(18(22-23)15-6-11-20-12-7-15)21-16-4-9-19(10-5-16)8-2-3-13-24-19/h6-7,11-12,14,16,21H,2-5,8-10,13H2,1H3. The van der Waals surface area contributed by atoms with Crippen molar-refractivity contribution in [1.29, 1.82) is 0 Å². The molecule has 0 bridgehead atoms. The number of nitrogens with one attached hydrogen (secondary N) is 1. The highest BCUT2D eigenvalue weighted by Gasteiger charge is 2.37. The van der Waals surface area contributed by atoms with Crippen LogP contribution in [0.1, 0.15) is 44.9 Å². The van der Waals surface area contributed by atoms with E-state index in [1.165, 1.54) is 44.9 Å². The van der Waals surface area contributed by atoms with Gasteiger partial charge in [0, 0.05) is 43.9 Å². The molecule has 1 N–H and O–H groups in total. The molecular formula is C19H26N4O. The summed E-state index contributed by atoms with van der Waals surface area (Å²) in [5.74, 6) is 0. The highest BCUT2D eigenvalue weighted by atomic mass is 16.5. The molecule has 5 nitrogen and oxygen atoms in total. The van der Waals surface area contributed by atoms with Crippen LogP contribution in [-0.2, 0) is 11.8 Å². The van der Waals surface area contributed by atoms with Crippen molar-refractivity contribution in [2.45, 2.75) is 56.6 Å². The van der Waals surface area contributed by atoms with Crippen LogP contribution in [0.4, 0.5) is 5.69 Å². The van der Waals surface area contributed by atoms with Crippen molar-refractivity contribution in [2.75, 3.05) is 11.9 Å². The van der Waals surface area contributed by atoms with Gasteiger partial charge in [0.05, 0.1) is 11.3 Å². The van der Waals surface area contributed by atoms with Crippen molar-refractivity contribution in [1.82, 2.24) is 14.8 Å². The SMILES string of the molecule is Cn1cc(NC2CCC3(CCCCO3)CC2)c(-c2ccncc2)n1. The number of aryl methyl sites for hydroxylation is 1. The van der Waals surface area contributed by atoms with Crippen molar-refractivity contribution >= 4 is 5.69 Å². The molecule has 4 rings (SSSR count). The lowest BCUT2D eigenvalue weighted by molar-refractivity contribution is -0.101. The van der Waals surface area contributed by atoms with Crippen LogP contribution < -0.4 is 5.32 Å². The third-order valence-corrected chi connectivity index (χ3v) is 5.47. The number of hydrogen-bond acceptors (Lipinski definition) is 4. The van der Waals surface area contributed by atoms with Gasteiger partial charge in [-0.3, -0.25) is 9.67 Å². The van der Waals surface area contributed by atoms with E-state index in [1.54, 1.807) is 0 Å². The van der Waals surface area contributed by atoms with E-state index in [0.717, 1.165) is 23.6 Å². The van der Waals surface area contributed by atoms with Gasteiger partial charge in [0.1, 0.15) is 5.69 Å². The minimum atomic E-state index is 0.180. The first-order valence-electron chi connectivity index (χ1n) is 9.09. The number of aromatic nitrogens is 3. The largest absolute Gasteiger partial charge is 0.379 e. The van der Waals surface area contributed by atoms with Gasteiger partial charge < -0.3 is 10.1 Å². The number of anilines is 1. The molecule has 24 heavy (non-hydrogen) atoms. The van der Waals surface area contributed by atoms with Crippen molar-refractivity contribution in [3.63, 3.8) is 0 Å². The maximum Gasteiger partial charge on any atom is 0.116 e. The van der Waals surface area contributed by atoms with Crippen LogP contribution in [0.25, 0.3) is 11.3 Å². The smallest absolute Gasteiger partial charge is 0.116 e. The van der Waals surface area contributed by atoms with Crippen molar-refractivity contribution in [2.24, 2.45) is 7.05 Å². The van der Waals surface area contributed by atoms with Gasteiger partial charge in [-0.2, -0.15) is 5.10 Å². The van der Waals surface area contributed by atoms with Crippen LogP contribution in [0.3, 0.4) is 0 Å². The molecule has 0 atom stereocenters. The quantitative estimate of drug-likeness (QED) is 0.933. The van der Waals surface area contributed by atoms with Crippen molar-refractivity contribution in [3.05, 3.63) is 30.7 Å². The predicted molar refractivity (Wildman–Crippen MR) is 94.9 cm³/mol. The molecule has 128 valence electrons. The molecule has 1 spiro atoms. The van der Waals surface area contributed by atoms with Gasteiger partial charge in [0.15, 0.2) is 0 Å². The summed E-state index contributed by atoms with van der Waals surface area (Å²) >= 11 is 0. The van der Waals surface area contributed by atoms with Crippen molar-refractivity contribution in [3.8, 4) is 11.3 Å². The van der Waals surface area contributed by atoms with Gasteiger partial charge in [0.2, 0.25) is 0 Å². The van der Waals surface area contributed by atoms with Gasteiger partial charge in [0.25, 0.3) is 0 Å². The van der Waals surface area contributed by atoms with Gasteiger partial charge in [-0.05, 0) is 57.1 Å². The Bertz CT molecular complexity index is 666. The molecule has 3 heterocycles. The minimum Gasteiger partial charge on any atom is -0.379 e. The Morgan fingerprint density at radius 2 is 1.96 bits per heavy atom. The molecule has 1 saturated heterocycles. The fourth-order valence-corrected chi connectivity index (χ4v) is 4.13. The molecule has 5 heteroatoms. The zero-order valence-corrected chi connectivity index (χ0v) is 14.4. The lowest BCUT2D eigenvalue weighted by atomic mass is 9.78. The summed E-state index contributed by atoms with van der Waals surface area (Å²) in [5, 5.41) is 8.36. The predicted octanol–water partition coefficient (Wildman–Crippen LogP) is 3.78. The second-order valence-electron chi connectivity index (χ2n) is 7.21. The summed E-state index contributed by atoms with van der Waals surface area (Å²) in [5.41, 5.74) is 3.42. The molecule has 1 aliphatic carbocycles. The van der Waals surface area contributed by atoms with E-state index in [4.69, 9.17) is 4.74 Å². The first kappa shape index (κ1) is 15.6. The summed E-state index contributed by atoms with van der Waals surface area (Å²) in [6.07, 6.45) is 14.2. The lowest BCUT2D eigenvalue weighted by Crippen LogP contribution is -2.42. The molecule has 2 fully saturated rings. The molecule has 2 aromatic rings.